The minimum absolute atomic E-state index is 0.363. The van der Waals surface area contributed by atoms with Crippen LogP contribution in [0.15, 0.2) is 47.6 Å². The zero-order chi connectivity index (χ0) is 18.6. The average Bonchev–Trinajstić information content (AvgIpc) is 2.90. The Kier molecular flexibility index (Phi) is 5.07. The van der Waals surface area contributed by atoms with E-state index in [1.165, 1.54) is 5.56 Å². The van der Waals surface area contributed by atoms with Crippen LogP contribution in [-0.4, -0.2) is 30.7 Å². The summed E-state index contributed by atoms with van der Waals surface area (Å²) in [6.07, 6.45) is 3.63. The lowest BCUT2D eigenvalue weighted by atomic mass is 10.1. The van der Waals surface area contributed by atoms with E-state index in [0.29, 0.717) is 25.7 Å². The van der Waals surface area contributed by atoms with Crippen molar-refractivity contribution in [2.45, 2.75) is 12.8 Å². The molecule has 6 nitrogen and oxygen atoms in total. The number of guanidine groups is 1. The third-order valence-electron chi connectivity index (χ3n) is 4.41. The van der Waals surface area contributed by atoms with Gasteiger partial charge in [0, 0.05) is 46.8 Å². The second-order valence-electron chi connectivity index (χ2n) is 6.36. The monoisotopic (exact) mass is 384 g/mol. The van der Waals surface area contributed by atoms with Gasteiger partial charge in [0.2, 0.25) is 0 Å². The molecule has 0 radical (unpaired) electrons. The van der Waals surface area contributed by atoms with Crippen LogP contribution in [0.1, 0.15) is 12.0 Å². The summed E-state index contributed by atoms with van der Waals surface area (Å²) in [4.78, 5) is 7.67. The molecule has 140 valence electrons. The molecule has 0 amide bonds. The third kappa shape index (κ3) is 4.11. The van der Waals surface area contributed by atoms with Gasteiger partial charge >= 0.3 is 0 Å². The molecule has 1 aliphatic heterocycles. The normalized spacial score (nSPS) is 14.2. The van der Waals surface area contributed by atoms with Gasteiger partial charge in [0.1, 0.15) is 0 Å². The summed E-state index contributed by atoms with van der Waals surface area (Å²) in [5.41, 5.74) is 9.08. The number of hydrogen-bond acceptors (Lipinski definition) is 3. The fourth-order valence-corrected chi connectivity index (χ4v) is 3.25. The lowest BCUT2D eigenvalue weighted by Crippen LogP contribution is -2.23. The van der Waals surface area contributed by atoms with E-state index in [1.54, 1.807) is 0 Å². The van der Waals surface area contributed by atoms with Crippen molar-refractivity contribution in [3.05, 3.63) is 53.2 Å². The van der Waals surface area contributed by atoms with Crippen molar-refractivity contribution in [2.24, 2.45) is 10.7 Å². The fraction of sp³-hybridized carbons (Fsp3) is 0.250. The van der Waals surface area contributed by atoms with E-state index in [0.717, 1.165) is 46.0 Å². The van der Waals surface area contributed by atoms with Gasteiger partial charge in [0.15, 0.2) is 17.5 Å². The second-order valence-corrected chi connectivity index (χ2v) is 6.79. The maximum atomic E-state index is 6.09. The van der Waals surface area contributed by atoms with Crippen LogP contribution in [0, 0.1) is 0 Å². The number of rotatable bonds is 4. The minimum Gasteiger partial charge on any atom is -0.490 e. The molecule has 2 heterocycles. The van der Waals surface area contributed by atoms with Crippen molar-refractivity contribution in [1.82, 2.24) is 4.98 Å². The molecule has 0 unspecified atom stereocenters. The molecule has 0 bridgehead atoms. The van der Waals surface area contributed by atoms with E-state index in [1.807, 2.05) is 42.6 Å². The molecule has 0 saturated heterocycles. The molecule has 4 rings (SSSR count). The summed E-state index contributed by atoms with van der Waals surface area (Å²) in [6, 6.07) is 11.5. The molecule has 2 aromatic carbocycles. The zero-order valence-electron chi connectivity index (χ0n) is 14.8. The van der Waals surface area contributed by atoms with Crippen LogP contribution in [0.25, 0.3) is 10.9 Å². The highest BCUT2D eigenvalue weighted by atomic mass is 35.5. The summed E-state index contributed by atoms with van der Waals surface area (Å²) in [6.45, 7) is 1.89. The fourth-order valence-electron chi connectivity index (χ4n) is 3.08. The average molecular weight is 385 g/mol. The number of nitrogens with zero attached hydrogens (tertiary/aromatic N) is 1. The topological polar surface area (TPSA) is 84.7 Å². The summed E-state index contributed by atoms with van der Waals surface area (Å²) in [5.74, 6) is 1.84. The number of benzene rings is 2. The van der Waals surface area contributed by atoms with Crippen molar-refractivity contribution in [3.63, 3.8) is 0 Å². The third-order valence-corrected chi connectivity index (χ3v) is 4.65. The Hall–Kier alpha value is -2.86. The van der Waals surface area contributed by atoms with Gasteiger partial charge in [-0.2, -0.15) is 0 Å². The Morgan fingerprint density at radius 1 is 1.15 bits per heavy atom. The Balaban J connectivity index is 1.39. The van der Waals surface area contributed by atoms with Gasteiger partial charge in [-0.1, -0.05) is 11.6 Å². The Morgan fingerprint density at radius 2 is 2.00 bits per heavy atom. The number of nitrogens with one attached hydrogen (secondary N) is 2. The molecular formula is C20H21ClN4O2. The van der Waals surface area contributed by atoms with Gasteiger partial charge < -0.3 is 25.5 Å². The van der Waals surface area contributed by atoms with Gasteiger partial charge in [-0.25, -0.2) is 0 Å². The molecule has 0 atom stereocenters. The summed E-state index contributed by atoms with van der Waals surface area (Å²) < 4.78 is 11.3. The minimum atomic E-state index is 0.363. The molecule has 27 heavy (non-hydrogen) atoms. The van der Waals surface area contributed by atoms with E-state index in [2.05, 4.69) is 15.3 Å². The number of halogens is 1. The van der Waals surface area contributed by atoms with E-state index in [-0.39, 0.29) is 0 Å². The SMILES string of the molecule is NC(=NCCc1c[nH]c2ccc(Cl)cc12)Nc1ccc2c(c1)OCCCO2. The number of nitrogens with two attached hydrogens (primary N) is 1. The first-order valence-electron chi connectivity index (χ1n) is 8.91. The van der Waals surface area contributed by atoms with E-state index in [4.69, 9.17) is 26.8 Å². The van der Waals surface area contributed by atoms with Crippen LogP contribution in [0.3, 0.4) is 0 Å². The van der Waals surface area contributed by atoms with Gasteiger partial charge in [0.25, 0.3) is 0 Å². The predicted octanol–water partition coefficient (Wildman–Crippen LogP) is 3.95. The maximum absolute atomic E-state index is 6.09. The van der Waals surface area contributed by atoms with Crippen LogP contribution in [0.5, 0.6) is 11.5 Å². The molecule has 7 heteroatoms. The largest absolute Gasteiger partial charge is 0.490 e. The Labute approximate surface area is 162 Å². The van der Waals surface area contributed by atoms with Crippen LogP contribution in [0.2, 0.25) is 5.02 Å². The number of aromatic amines is 1. The molecule has 0 aliphatic carbocycles. The number of H-pyrrole nitrogens is 1. The highest BCUT2D eigenvalue weighted by Crippen LogP contribution is 2.32. The van der Waals surface area contributed by atoms with Crippen LogP contribution in [0.4, 0.5) is 5.69 Å². The first-order valence-corrected chi connectivity index (χ1v) is 9.29. The Morgan fingerprint density at radius 3 is 2.89 bits per heavy atom. The summed E-state index contributed by atoms with van der Waals surface area (Å²) >= 11 is 6.09. The highest BCUT2D eigenvalue weighted by Gasteiger charge is 2.11. The number of fused-ring (bicyclic) bond motifs is 2. The van der Waals surface area contributed by atoms with Gasteiger partial charge in [-0.3, -0.25) is 4.99 Å². The first-order chi connectivity index (χ1) is 13.2. The molecule has 1 aliphatic rings. The number of anilines is 1. The van der Waals surface area contributed by atoms with E-state index < -0.39 is 0 Å². The van der Waals surface area contributed by atoms with Crippen LogP contribution >= 0.6 is 11.6 Å². The quantitative estimate of drug-likeness (QED) is 0.469. The van der Waals surface area contributed by atoms with Crippen molar-refractivity contribution < 1.29 is 9.47 Å². The van der Waals surface area contributed by atoms with Crippen molar-refractivity contribution in [2.75, 3.05) is 25.1 Å². The highest BCUT2D eigenvalue weighted by molar-refractivity contribution is 6.31. The predicted molar refractivity (Wildman–Crippen MR) is 109 cm³/mol. The lowest BCUT2D eigenvalue weighted by Gasteiger charge is -2.10. The molecule has 4 N–H and O–H groups in total. The first kappa shape index (κ1) is 17.5. The standard InChI is InChI=1S/C20H21ClN4O2/c21-14-2-4-17-16(10-14)13(12-24-17)6-7-23-20(22)25-15-3-5-18-19(11-15)27-9-1-8-26-18/h2-5,10-12,24H,1,6-9H2,(H3,22,23,25). The van der Waals surface area contributed by atoms with Crippen LogP contribution < -0.4 is 20.5 Å². The molecule has 1 aromatic heterocycles. The molecule has 0 saturated carbocycles. The molecular weight excluding hydrogens is 364 g/mol. The zero-order valence-corrected chi connectivity index (χ0v) is 15.6. The second kappa shape index (κ2) is 7.80. The number of aromatic nitrogens is 1. The van der Waals surface area contributed by atoms with Crippen molar-refractivity contribution >= 4 is 34.2 Å². The van der Waals surface area contributed by atoms with Gasteiger partial charge in [-0.05, 0) is 42.3 Å². The number of hydrogen-bond donors (Lipinski definition) is 3. The molecule has 0 fully saturated rings. The smallest absolute Gasteiger partial charge is 0.193 e. The maximum Gasteiger partial charge on any atom is 0.193 e. The van der Waals surface area contributed by atoms with E-state index in [9.17, 15) is 0 Å². The molecule has 0 spiro atoms. The summed E-state index contributed by atoms with van der Waals surface area (Å²) in [7, 11) is 0. The van der Waals surface area contributed by atoms with E-state index >= 15 is 0 Å². The Bertz CT molecular complexity index is 983. The van der Waals surface area contributed by atoms with Crippen LogP contribution in [-0.2, 0) is 6.42 Å². The number of aliphatic imine (C=N–C) groups is 1. The van der Waals surface area contributed by atoms with Gasteiger partial charge in [0.05, 0.1) is 13.2 Å². The summed E-state index contributed by atoms with van der Waals surface area (Å²) in [5, 5.41) is 4.94. The number of ether oxygens (including phenoxy) is 2. The lowest BCUT2D eigenvalue weighted by molar-refractivity contribution is 0.297. The molecule has 3 aromatic rings. The van der Waals surface area contributed by atoms with Crippen molar-refractivity contribution in [1.29, 1.82) is 0 Å². The van der Waals surface area contributed by atoms with Crippen molar-refractivity contribution in [3.8, 4) is 11.5 Å². The van der Waals surface area contributed by atoms with Gasteiger partial charge in [-0.15, -0.1) is 0 Å².